The zero-order valence-corrected chi connectivity index (χ0v) is 7.49. The van der Waals surface area contributed by atoms with E-state index in [0.29, 0.717) is 5.82 Å². The average molecular weight is 193 g/mol. The minimum absolute atomic E-state index is 0.0679. The number of benzene rings is 1. The molecule has 5 heteroatoms. The summed E-state index contributed by atoms with van der Waals surface area (Å²) in [7, 11) is 0. The van der Waals surface area contributed by atoms with Gasteiger partial charge in [0.25, 0.3) is 5.89 Å². The molecule has 1 aromatic heterocycles. The number of anilines is 1. The molecule has 72 valence electrons. The van der Waals surface area contributed by atoms with Gasteiger partial charge in [-0.1, -0.05) is 11.2 Å². The SMILES string of the molecule is Cc1noc(-c2cccc(N)c2F)n1. The molecule has 0 unspecified atom stereocenters. The summed E-state index contributed by atoms with van der Waals surface area (Å²) < 4.78 is 18.3. The van der Waals surface area contributed by atoms with Crippen molar-refractivity contribution in [1.82, 2.24) is 10.1 Å². The molecule has 0 atom stereocenters. The molecule has 1 heterocycles. The van der Waals surface area contributed by atoms with Crippen molar-refractivity contribution in [2.75, 3.05) is 5.73 Å². The quantitative estimate of drug-likeness (QED) is 0.701. The molecule has 4 nitrogen and oxygen atoms in total. The van der Waals surface area contributed by atoms with Crippen molar-refractivity contribution in [3.05, 3.63) is 29.8 Å². The van der Waals surface area contributed by atoms with E-state index < -0.39 is 5.82 Å². The van der Waals surface area contributed by atoms with Crippen LogP contribution in [0.4, 0.5) is 10.1 Å². The number of aromatic nitrogens is 2. The van der Waals surface area contributed by atoms with E-state index >= 15 is 0 Å². The Hall–Kier alpha value is -1.91. The Morgan fingerprint density at radius 3 is 2.86 bits per heavy atom. The smallest absolute Gasteiger partial charge is 0.260 e. The van der Waals surface area contributed by atoms with Crippen molar-refractivity contribution in [2.24, 2.45) is 0 Å². The lowest BCUT2D eigenvalue weighted by atomic mass is 10.2. The molecule has 0 aliphatic heterocycles. The summed E-state index contributed by atoms with van der Waals surface area (Å²) in [6.07, 6.45) is 0. The van der Waals surface area contributed by atoms with E-state index in [1.807, 2.05) is 0 Å². The van der Waals surface area contributed by atoms with E-state index in [2.05, 4.69) is 10.1 Å². The van der Waals surface area contributed by atoms with Crippen molar-refractivity contribution < 1.29 is 8.91 Å². The monoisotopic (exact) mass is 193 g/mol. The molecule has 1 aromatic carbocycles. The van der Waals surface area contributed by atoms with Gasteiger partial charge in [0, 0.05) is 0 Å². The molecule has 14 heavy (non-hydrogen) atoms. The molecule has 0 fully saturated rings. The highest BCUT2D eigenvalue weighted by atomic mass is 19.1. The Morgan fingerprint density at radius 2 is 2.21 bits per heavy atom. The summed E-state index contributed by atoms with van der Waals surface area (Å²) in [6, 6.07) is 4.65. The van der Waals surface area contributed by atoms with Crippen LogP contribution in [0.25, 0.3) is 11.5 Å². The normalized spacial score (nSPS) is 10.4. The van der Waals surface area contributed by atoms with Crippen LogP contribution in [-0.2, 0) is 0 Å². The Morgan fingerprint density at radius 1 is 1.43 bits per heavy atom. The van der Waals surface area contributed by atoms with E-state index in [1.54, 1.807) is 19.1 Å². The Balaban J connectivity index is 2.57. The third kappa shape index (κ3) is 1.32. The van der Waals surface area contributed by atoms with Crippen LogP contribution >= 0.6 is 0 Å². The maximum Gasteiger partial charge on any atom is 0.260 e. The number of rotatable bonds is 1. The second kappa shape index (κ2) is 3.10. The van der Waals surface area contributed by atoms with E-state index in [9.17, 15) is 4.39 Å². The van der Waals surface area contributed by atoms with Gasteiger partial charge in [-0.2, -0.15) is 4.98 Å². The molecule has 0 spiro atoms. The summed E-state index contributed by atoms with van der Waals surface area (Å²) in [4.78, 5) is 3.91. The molecule has 0 aliphatic rings. The highest BCUT2D eigenvalue weighted by Gasteiger charge is 2.13. The fourth-order valence-electron chi connectivity index (χ4n) is 1.12. The molecule has 0 amide bonds. The van der Waals surface area contributed by atoms with Crippen molar-refractivity contribution in [3.8, 4) is 11.5 Å². The number of nitrogens with two attached hydrogens (primary N) is 1. The topological polar surface area (TPSA) is 64.9 Å². The van der Waals surface area contributed by atoms with Crippen LogP contribution in [0.5, 0.6) is 0 Å². The molecule has 2 rings (SSSR count). The first-order valence-electron chi connectivity index (χ1n) is 4.03. The van der Waals surface area contributed by atoms with E-state index in [-0.39, 0.29) is 17.1 Å². The minimum atomic E-state index is -0.531. The third-order valence-electron chi connectivity index (χ3n) is 1.79. The second-order valence-corrected chi connectivity index (χ2v) is 2.86. The first-order chi connectivity index (χ1) is 6.68. The third-order valence-corrected chi connectivity index (χ3v) is 1.79. The van der Waals surface area contributed by atoms with Crippen molar-refractivity contribution in [3.63, 3.8) is 0 Å². The summed E-state index contributed by atoms with van der Waals surface area (Å²) in [5, 5.41) is 3.57. The minimum Gasteiger partial charge on any atom is -0.396 e. The Labute approximate surface area is 79.5 Å². The van der Waals surface area contributed by atoms with Crippen molar-refractivity contribution in [1.29, 1.82) is 0 Å². The first-order valence-corrected chi connectivity index (χ1v) is 4.03. The summed E-state index contributed by atoms with van der Waals surface area (Å²) in [6.45, 7) is 1.66. The first kappa shape index (κ1) is 8.68. The Kier molecular flexibility index (Phi) is 1.92. The van der Waals surface area contributed by atoms with Gasteiger partial charge in [-0.15, -0.1) is 0 Å². The summed E-state index contributed by atoms with van der Waals surface area (Å²) >= 11 is 0. The maximum atomic E-state index is 13.4. The summed E-state index contributed by atoms with van der Waals surface area (Å²) in [5.41, 5.74) is 5.70. The van der Waals surface area contributed by atoms with E-state index in [1.165, 1.54) is 6.07 Å². The zero-order valence-electron chi connectivity index (χ0n) is 7.49. The fourth-order valence-corrected chi connectivity index (χ4v) is 1.12. The van der Waals surface area contributed by atoms with Crippen LogP contribution in [0.2, 0.25) is 0 Å². The number of nitrogen functional groups attached to an aromatic ring is 1. The number of hydrogen-bond donors (Lipinski definition) is 1. The van der Waals surface area contributed by atoms with Gasteiger partial charge in [-0.05, 0) is 19.1 Å². The molecule has 0 bridgehead atoms. The molecule has 0 saturated carbocycles. The van der Waals surface area contributed by atoms with Crippen molar-refractivity contribution in [2.45, 2.75) is 6.92 Å². The fraction of sp³-hybridized carbons (Fsp3) is 0.111. The summed E-state index contributed by atoms with van der Waals surface area (Å²) in [5.74, 6) is 0.0743. The lowest BCUT2D eigenvalue weighted by Crippen LogP contribution is -1.93. The highest BCUT2D eigenvalue weighted by molar-refractivity contribution is 5.61. The van der Waals surface area contributed by atoms with Gasteiger partial charge in [-0.3, -0.25) is 0 Å². The van der Waals surface area contributed by atoms with Crippen LogP contribution in [-0.4, -0.2) is 10.1 Å². The lowest BCUT2D eigenvalue weighted by molar-refractivity contribution is 0.423. The molecule has 2 aromatic rings. The molecule has 0 aliphatic carbocycles. The zero-order chi connectivity index (χ0) is 10.1. The molecule has 2 N–H and O–H groups in total. The van der Waals surface area contributed by atoms with Gasteiger partial charge in [0.15, 0.2) is 11.6 Å². The average Bonchev–Trinajstić information content (AvgIpc) is 2.57. The number of aryl methyl sites for hydroxylation is 1. The highest BCUT2D eigenvalue weighted by Crippen LogP contribution is 2.24. The van der Waals surface area contributed by atoms with Gasteiger partial charge >= 0.3 is 0 Å². The molecule has 0 saturated heterocycles. The number of halogens is 1. The van der Waals surface area contributed by atoms with Crippen LogP contribution in [0.1, 0.15) is 5.82 Å². The Bertz CT molecular complexity index is 467. The standard InChI is InChI=1S/C9H8FN3O/c1-5-12-9(14-13-5)6-3-2-4-7(11)8(6)10/h2-4H,11H2,1H3. The lowest BCUT2D eigenvalue weighted by Gasteiger charge is -1.99. The molecular weight excluding hydrogens is 185 g/mol. The maximum absolute atomic E-state index is 13.4. The molecule has 0 radical (unpaired) electrons. The van der Waals surface area contributed by atoms with Gasteiger partial charge in [0.2, 0.25) is 0 Å². The van der Waals surface area contributed by atoms with Crippen LogP contribution < -0.4 is 5.73 Å². The van der Waals surface area contributed by atoms with Gasteiger partial charge in [-0.25, -0.2) is 4.39 Å². The van der Waals surface area contributed by atoms with Gasteiger partial charge < -0.3 is 10.3 Å². The van der Waals surface area contributed by atoms with Crippen LogP contribution in [0.3, 0.4) is 0 Å². The second-order valence-electron chi connectivity index (χ2n) is 2.86. The predicted molar refractivity (Wildman–Crippen MR) is 48.8 cm³/mol. The molecular formula is C9H8FN3O. The van der Waals surface area contributed by atoms with Crippen LogP contribution in [0, 0.1) is 12.7 Å². The van der Waals surface area contributed by atoms with E-state index in [4.69, 9.17) is 10.3 Å². The van der Waals surface area contributed by atoms with Crippen molar-refractivity contribution >= 4 is 5.69 Å². The van der Waals surface area contributed by atoms with Crippen LogP contribution in [0.15, 0.2) is 22.7 Å². The van der Waals surface area contributed by atoms with Gasteiger partial charge in [0.05, 0.1) is 11.3 Å². The number of hydrogen-bond acceptors (Lipinski definition) is 4. The predicted octanol–water partition coefficient (Wildman–Crippen LogP) is 1.77. The van der Waals surface area contributed by atoms with Gasteiger partial charge in [0.1, 0.15) is 0 Å². The largest absolute Gasteiger partial charge is 0.396 e. The number of nitrogens with zero attached hydrogens (tertiary/aromatic N) is 2. The van der Waals surface area contributed by atoms with E-state index in [0.717, 1.165) is 0 Å².